The second-order valence-electron chi connectivity index (χ2n) is 4.64. The Balaban J connectivity index is 1.67. The molecule has 1 aliphatic rings. The summed E-state index contributed by atoms with van der Waals surface area (Å²) in [5, 5.41) is 4.44. The molecular weight excluding hydrogens is 218 g/mol. The lowest BCUT2D eigenvalue weighted by atomic mass is 10.2. The van der Waals surface area contributed by atoms with Gasteiger partial charge in [0, 0.05) is 24.2 Å². The molecule has 0 aromatic carbocycles. The number of thioether (sulfide) groups is 1. The van der Waals surface area contributed by atoms with Gasteiger partial charge in [0.15, 0.2) is 5.16 Å². The van der Waals surface area contributed by atoms with E-state index in [1.165, 1.54) is 12.8 Å². The van der Waals surface area contributed by atoms with Crippen LogP contribution >= 0.6 is 11.8 Å². The largest absolute Gasteiger partial charge is 0.314 e. The topological polar surface area (TPSA) is 37.8 Å². The van der Waals surface area contributed by atoms with Crippen molar-refractivity contribution in [2.45, 2.75) is 37.9 Å². The minimum atomic E-state index is 0.676. The summed E-state index contributed by atoms with van der Waals surface area (Å²) in [6.07, 6.45) is 6.48. The van der Waals surface area contributed by atoms with E-state index >= 15 is 0 Å². The molecule has 0 aliphatic heterocycles. The molecule has 88 valence electrons. The van der Waals surface area contributed by atoms with Gasteiger partial charge in [-0.25, -0.2) is 9.97 Å². The molecule has 1 fully saturated rings. The van der Waals surface area contributed by atoms with Crippen molar-refractivity contribution in [2.75, 3.05) is 12.3 Å². The van der Waals surface area contributed by atoms with Crippen LogP contribution in [0.5, 0.6) is 0 Å². The van der Waals surface area contributed by atoms with E-state index in [0.29, 0.717) is 5.92 Å². The molecule has 0 bridgehead atoms. The predicted molar refractivity (Wildman–Crippen MR) is 67.7 cm³/mol. The second kappa shape index (κ2) is 5.64. The molecule has 1 saturated carbocycles. The van der Waals surface area contributed by atoms with E-state index in [9.17, 15) is 0 Å². The first-order chi connectivity index (χ1) is 7.74. The van der Waals surface area contributed by atoms with Gasteiger partial charge in [0.2, 0.25) is 0 Å². The molecule has 0 amide bonds. The molecule has 1 atom stereocenters. The third-order valence-corrected chi connectivity index (χ3v) is 3.79. The van der Waals surface area contributed by atoms with E-state index < -0.39 is 0 Å². The summed E-state index contributed by atoms with van der Waals surface area (Å²) in [7, 11) is 0. The molecule has 16 heavy (non-hydrogen) atoms. The lowest BCUT2D eigenvalue weighted by molar-refractivity contribution is 0.556. The average molecular weight is 237 g/mol. The predicted octanol–water partition coefficient (Wildman–Crippen LogP) is 2.27. The van der Waals surface area contributed by atoms with Crippen LogP contribution < -0.4 is 5.32 Å². The summed E-state index contributed by atoms with van der Waals surface area (Å²) in [6, 6.07) is 0.808. The summed E-state index contributed by atoms with van der Waals surface area (Å²) in [5.74, 6) is 1.76. The van der Waals surface area contributed by atoms with Crippen molar-refractivity contribution >= 4 is 11.8 Å². The average Bonchev–Trinajstić information content (AvgIpc) is 3.09. The third-order valence-electron chi connectivity index (χ3n) is 2.59. The summed E-state index contributed by atoms with van der Waals surface area (Å²) < 4.78 is 0. The van der Waals surface area contributed by atoms with Crippen molar-refractivity contribution in [2.24, 2.45) is 5.92 Å². The van der Waals surface area contributed by atoms with Crippen molar-refractivity contribution in [3.8, 4) is 0 Å². The zero-order chi connectivity index (χ0) is 11.4. The van der Waals surface area contributed by atoms with Crippen LogP contribution in [-0.4, -0.2) is 28.3 Å². The molecule has 1 unspecified atom stereocenters. The smallest absolute Gasteiger partial charge is 0.187 e. The number of aryl methyl sites for hydroxylation is 1. The first-order valence-electron chi connectivity index (χ1n) is 5.89. The zero-order valence-corrected chi connectivity index (χ0v) is 10.8. The van der Waals surface area contributed by atoms with Crippen LogP contribution in [0, 0.1) is 12.8 Å². The monoisotopic (exact) mass is 237 g/mol. The highest BCUT2D eigenvalue weighted by molar-refractivity contribution is 7.99. The third kappa shape index (κ3) is 4.10. The molecule has 1 heterocycles. The maximum Gasteiger partial charge on any atom is 0.187 e. The lowest BCUT2D eigenvalue weighted by Gasteiger charge is -2.10. The Morgan fingerprint density at radius 1 is 1.44 bits per heavy atom. The standard InChI is InChI=1S/C12H19N3S/c1-9-5-14-12(15-6-9)16-8-10(2)7-13-11-3-4-11/h5-6,10-11,13H,3-4,7-8H2,1-2H3. The number of nitrogens with zero attached hydrogens (tertiary/aromatic N) is 2. The fourth-order valence-electron chi connectivity index (χ4n) is 1.39. The Bertz CT molecular complexity index is 322. The lowest BCUT2D eigenvalue weighted by Crippen LogP contribution is -2.24. The molecule has 1 aromatic rings. The quantitative estimate of drug-likeness (QED) is 0.608. The number of hydrogen-bond donors (Lipinski definition) is 1. The molecule has 1 aromatic heterocycles. The summed E-state index contributed by atoms with van der Waals surface area (Å²) in [6.45, 7) is 5.40. The van der Waals surface area contributed by atoms with Gasteiger partial charge in [-0.3, -0.25) is 0 Å². The van der Waals surface area contributed by atoms with Crippen LogP contribution in [-0.2, 0) is 0 Å². The van der Waals surface area contributed by atoms with Crippen molar-refractivity contribution in [3.05, 3.63) is 18.0 Å². The number of nitrogens with one attached hydrogen (secondary N) is 1. The summed E-state index contributed by atoms with van der Waals surface area (Å²) in [5.41, 5.74) is 1.12. The molecule has 1 N–H and O–H groups in total. The molecule has 2 rings (SSSR count). The van der Waals surface area contributed by atoms with Crippen molar-refractivity contribution in [1.29, 1.82) is 0 Å². The van der Waals surface area contributed by atoms with Gasteiger partial charge in [0.25, 0.3) is 0 Å². The highest BCUT2D eigenvalue weighted by Gasteiger charge is 2.20. The Morgan fingerprint density at radius 3 is 2.75 bits per heavy atom. The molecule has 0 radical (unpaired) electrons. The van der Waals surface area contributed by atoms with E-state index in [0.717, 1.165) is 29.1 Å². The van der Waals surface area contributed by atoms with Crippen LogP contribution in [0.15, 0.2) is 17.6 Å². The van der Waals surface area contributed by atoms with E-state index in [-0.39, 0.29) is 0 Å². The number of aromatic nitrogens is 2. The van der Waals surface area contributed by atoms with Crippen molar-refractivity contribution in [1.82, 2.24) is 15.3 Å². The summed E-state index contributed by atoms with van der Waals surface area (Å²) >= 11 is 1.75. The van der Waals surface area contributed by atoms with Crippen LogP contribution in [0.4, 0.5) is 0 Å². The maximum atomic E-state index is 4.29. The van der Waals surface area contributed by atoms with Gasteiger partial charge in [-0.1, -0.05) is 18.7 Å². The molecule has 4 heteroatoms. The maximum absolute atomic E-state index is 4.29. The molecule has 3 nitrogen and oxygen atoms in total. The normalized spacial score (nSPS) is 17.4. The zero-order valence-electron chi connectivity index (χ0n) is 9.94. The Hall–Kier alpha value is -0.610. The van der Waals surface area contributed by atoms with Gasteiger partial charge in [-0.15, -0.1) is 0 Å². The van der Waals surface area contributed by atoms with Gasteiger partial charge in [0.05, 0.1) is 0 Å². The van der Waals surface area contributed by atoms with E-state index in [1.54, 1.807) is 11.8 Å². The minimum Gasteiger partial charge on any atom is -0.314 e. The Labute approximate surface area is 101 Å². The highest BCUT2D eigenvalue weighted by atomic mass is 32.2. The van der Waals surface area contributed by atoms with Crippen LogP contribution in [0.25, 0.3) is 0 Å². The van der Waals surface area contributed by atoms with Crippen molar-refractivity contribution < 1.29 is 0 Å². The fraction of sp³-hybridized carbons (Fsp3) is 0.667. The second-order valence-corrected chi connectivity index (χ2v) is 5.63. The number of hydrogen-bond acceptors (Lipinski definition) is 4. The molecule has 0 spiro atoms. The first-order valence-corrected chi connectivity index (χ1v) is 6.87. The Kier molecular flexibility index (Phi) is 4.18. The fourth-order valence-corrected chi connectivity index (χ4v) is 2.19. The van der Waals surface area contributed by atoms with Crippen LogP contribution in [0.3, 0.4) is 0 Å². The van der Waals surface area contributed by atoms with E-state index in [4.69, 9.17) is 0 Å². The molecular formula is C12H19N3S. The first kappa shape index (κ1) is 11.9. The van der Waals surface area contributed by atoms with Gasteiger partial charge in [-0.05, 0) is 37.8 Å². The van der Waals surface area contributed by atoms with Crippen molar-refractivity contribution in [3.63, 3.8) is 0 Å². The Morgan fingerprint density at radius 2 is 2.12 bits per heavy atom. The van der Waals surface area contributed by atoms with E-state index in [1.807, 2.05) is 19.3 Å². The minimum absolute atomic E-state index is 0.676. The van der Waals surface area contributed by atoms with Gasteiger partial charge in [-0.2, -0.15) is 0 Å². The van der Waals surface area contributed by atoms with E-state index in [2.05, 4.69) is 22.2 Å². The summed E-state index contributed by atoms with van der Waals surface area (Å²) in [4.78, 5) is 8.58. The van der Waals surface area contributed by atoms with Gasteiger partial charge < -0.3 is 5.32 Å². The SMILES string of the molecule is Cc1cnc(SCC(C)CNC2CC2)nc1. The van der Waals surface area contributed by atoms with Crippen LogP contribution in [0.2, 0.25) is 0 Å². The van der Waals surface area contributed by atoms with Gasteiger partial charge in [0.1, 0.15) is 0 Å². The highest BCUT2D eigenvalue weighted by Crippen LogP contribution is 2.20. The molecule has 1 aliphatic carbocycles. The van der Waals surface area contributed by atoms with Crippen LogP contribution in [0.1, 0.15) is 25.3 Å². The number of rotatable bonds is 6. The molecule has 0 saturated heterocycles. The van der Waals surface area contributed by atoms with Gasteiger partial charge >= 0.3 is 0 Å².